The predicted octanol–water partition coefficient (Wildman–Crippen LogP) is 0.591. The average molecular weight is 485 g/mol. The topological polar surface area (TPSA) is 102 Å². The lowest BCUT2D eigenvalue weighted by Crippen LogP contribution is -2.41. The summed E-state index contributed by atoms with van der Waals surface area (Å²) in [7, 11) is 1.63. The van der Waals surface area contributed by atoms with E-state index in [2.05, 4.69) is 15.2 Å². The number of likely N-dealkylation sites (tertiary alicyclic amines) is 1. The Morgan fingerprint density at radius 1 is 1.12 bits per heavy atom. The van der Waals surface area contributed by atoms with Gasteiger partial charge in [0.1, 0.15) is 12.3 Å². The van der Waals surface area contributed by atoms with Gasteiger partial charge in [-0.2, -0.15) is 0 Å². The van der Waals surface area contributed by atoms with Crippen molar-refractivity contribution in [3.05, 3.63) is 16.1 Å². The van der Waals surface area contributed by atoms with Crippen LogP contribution in [0.15, 0.2) is 5.38 Å². The number of hydrogen-bond acceptors (Lipinski definition) is 9. The largest absolute Gasteiger partial charge is 0.382 e. The number of amides is 2. The molecule has 10 nitrogen and oxygen atoms in total. The number of rotatable bonds is 13. The first-order chi connectivity index (χ1) is 16.2. The molecule has 11 heteroatoms. The molecule has 0 aromatic carbocycles. The lowest BCUT2D eigenvalue weighted by atomic mass is 9.97. The van der Waals surface area contributed by atoms with Crippen LogP contribution < -0.4 is 5.32 Å². The summed E-state index contributed by atoms with van der Waals surface area (Å²) in [6.07, 6.45) is 1.69. The lowest BCUT2D eigenvalue weighted by Gasteiger charge is -2.31. The van der Waals surface area contributed by atoms with Crippen molar-refractivity contribution in [1.29, 1.82) is 0 Å². The first-order valence-electron chi connectivity index (χ1n) is 11.6. The Hall–Kier alpha value is -1.63. The van der Waals surface area contributed by atoms with Gasteiger partial charge in [0, 0.05) is 57.7 Å². The number of aromatic nitrogens is 1. The van der Waals surface area contributed by atoms with E-state index in [1.165, 1.54) is 11.3 Å². The summed E-state index contributed by atoms with van der Waals surface area (Å²) in [5.74, 6) is 0.163. The molecule has 2 fully saturated rings. The van der Waals surface area contributed by atoms with Crippen LogP contribution in [0.25, 0.3) is 0 Å². The summed E-state index contributed by atoms with van der Waals surface area (Å²) in [4.78, 5) is 33.5. The standard InChI is InChI=1S/C22H36N4O6S/c1-29-12-13-31-14-15-32-16-20(27)26-5-2-18(3-6-26)22-24-19(17-33-22)21(28)23-4-7-25-8-10-30-11-9-25/h17-18H,2-16H2,1H3,(H,23,28). The molecule has 2 amide bonds. The molecule has 2 aliphatic heterocycles. The first-order valence-corrected chi connectivity index (χ1v) is 12.5. The van der Waals surface area contributed by atoms with Crippen LogP contribution in [0.5, 0.6) is 0 Å². The molecule has 0 aliphatic carbocycles. The number of nitrogens with one attached hydrogen (secondary N) is 1. The van der Waals surface area contributed by atoms with Gasteiger partial charge >= 0.3 is 0 Å². The number of carbonyl (C=O) groups excluding carboxylic acids is 2. The van der Waals surface area contributed by atoms with Crippen molar-refractivity contribution < 1.29 is 28.5 Å². The van der Waals surface area contributed by atoms with Crippen molar-refractivity contribution in [3.8, 4) is 0 Å². The second-order valence-corrected chi connectivity index (χ2v) is 8.98. The molecule has 3 rings (SSSR count). The highest BCUT2D eigenvalue weighted by Crippen LogP contribution is 2.30. The maximum absolute atomic E-state index is 12.4. The van der Waals surface area contributed by atoms with Crippen LogP contribution in [-0.4, -0.2) is 119 Å². The van der Waals surface area contributed by atoms with Crippen LogP contribution in [0.3, 0.4) is 0 Å². The zero-order valence-corrected chi connectivity index (χ0v) is 20.3. The molecule has 1 aromatic heterocycles. The van der Waals surface area contributed by atoms with E-state index in [-0.39, 0.29) is 24.3 Å². The van der Waals surface area contributed by atoms with Gasteiger partial charge in [-0.05, 0) is 12.8 Å². The Labute approximate surface area is 199 Å². The molecule has 0 atom stereocenters. The fraction of sp³-hybridized carbons (Fsp3) is 0.773. The van der Waals surface area contributed by atoms with Crippen molar-refractivity contribution >= 4 is 23.2 Å². The molecule has 2 saturated heterocycles. The molecule has 33 heavy (non-hydrogen) atoms. The molecule has 0 bridgehead atoms. The Kier molecular flexibility index (Phi) is 11.5. The lowest BCUT2D eigenvalue weighted by molar-refractivity contribution is -0.137. The van der Waals surface area contributed by atoms with Gasteiger partial charge in [0.25, 0.3) is 5.91 Å². The van der Waals surface area contributed by atoms with E-state index in [1.54, 1.807) is 7.11 Å². The zero-order valence-electron chi connectivity index (χ0n) is 19.5. The third-order valence-corrected chi connectivity index (χ3v) is 6.81. The number of piperidine rings is 1. The number of ether oxygens (including phenoxy) is 4. The van der Waals surface area contributed by atoms with Gasteiger partial charge in [0.2, 0.25) is 5.91 Å². The molecule has 1 aromatic rings. The minimum atomic E-state index is -0.123. The average Bonchev–Trinajstić information content (AvgIpc) is 3.35. The number of carbonyl (C=O) groups is 2. The quantitative estimate of drug-likeness (QED) is 0.406. The van der Waals surface area contributed by atoms with Gasteiger partial charge in [-0.15, -0.1) is 11.3 Å². The SMILES string of the molecule is COCCOCCOCC(=O)N1CCC(c2nc(C(=O)NCCN3CCOCC3)cs2)CC1. The smallest absolute Gasteiger partial charge is 0.270 e. The van der Waals surface area contributed by atoms with E-state index < -0.39 is 0 Å². The fourth-order valence-corrected chi connectivity index (χ4v) is 4.78. The molecular weight excluding hydrogens is 448 g/mol. The summed E-state index contributed by atoms with van der Waals surface area (Å²) in [5.41, 5.74) is 0.483. The van der Waals surface area contributed by atoms with Crippen molar-refractivity contribution in [1.82, 2.24) is 20.1 Å². The summed E-state index contributed by atoms with van der Waals surface area (Å²) in [6.45, 7) is 8.10. The fourth-order valence-electron chi connectivity index (χ4n) is 3.81. The second-order valence-electron chi connectivity index (χ2n) is 8.09. The van der Waals surface area contributed by atoms with Crippen molar-refractivity contribution in [2.75, 3.05) is 92.6 Å². The van der Waals surface area contributed by atoms with Crippen LogP contribution in [0, 0.1) is 0 Å². The summed E-state index contributed by atoms with van der Waals surface area (Å²) in [6, 6.07) is 0. The van der Waals surface area contributed by atoms with Crippen LogP contribution in [0.2, 0.25) is 0 Å². The first kappa shape index (κ1) is 26.0. The maximum Gasteiger partial charge on any atom is 0.270 e. The number of methoxy groups -OCH3 is 1. The van der Waals surface area contributed by atoms with Crippen LogP contribution in [-0.2, 0) is 23.7 Å². The van der Waals surface area contributed by atoms with Gasteiger partial charge in [-0.1, -0.05) is 0 Å². The number of thiazole rings is 1. The highest BCUT2D eigenvalue weighted by Gasteiger charge is 2.26. The van der Waals surface area contributed by atoms with E-state index in [4.69, 9.17) is 18.9 Å². The number of nitrogens with zero attached hydrogens (tertiary/aromatic N) is 3. The van der Waals surface area contributed by atoms with Crippen LogP contribution in [0.1, 0.15) is 34.3 Å². The molecule has 0 saturated carbocycles. The van der Waals surface area contributed by atoms with Gasteiger partial charge in [-0.3, -0.25) is 14.5 Å². The monoisotopic (exact) mass is 484 g/mol. The normalized spacial score (nSPS) is 17.9. The van der Waals surface area contributed by atoms with Crippen molar-refractivity contribution in [2.45, 2.75) is 18.8 Å². The Bertz CT molecular complexity index is 719. The van der Waals surface area contributed by atoms with Gasteiger partial charge in [0.15, 0.2) is 0 Å². The van der Waals surface area contributed by atoms with E-state index in [0.717, 1.165) is 50.7 Å². The molecule has 0 unspecified atom stereocenters. The summed E-state index contributed by atoms with van der Waals surface area (Å²) in [5, 5.41) is 5.77. The highest BCUT2D eigenvalue weighted by molar-refractivity contribution is 7.09. The molecule has 1 N–H and O–H groups in total. The Morgan fingerprint density at radius 2 is 1.85 bits per heavy atom. The van der Waals surface area contributed by atoms with Crippen molar-refractivity contribution in [3.63, 3.8) is 0 Å². The Balaban J connectivity index is 1.31. The Morgan fingerprint density at radius 3 is 2.61 bits per heavy atom. The van der Waals surface area contributed by atoms with E-state index in [9.17, 15) is 9.59 Å². The highest BCUT2D eigenvalue weighted by atomic mass is 32.1. The van der Waals surface area contributed by atoms with Crippen LogP contribution >= 0.6 is 11.3 Å². The third kappa shape index (κ3) is 8.91. The summed E-state index contributed by atoms with van der Waals surface area (Å²) < 4.78 is 21.0. The van der Waals surface area contributed by atoms with Crippen LogP contribution in [0.4, 0.5) is 0 Å². The minimum Gasteiger partial charge on any atom is -0.382 e. The van der Waals surface area contributed by atoms with Gasteiger partial charge < -0.3 is 29.2 Å². The maximum atomic E-state index is 12.4. The zero-order chi connectivity index (χ0) is 23.3. The number of morpholine rings is 1. The van der Waals surface area contributed by atoms with E-state index >= 15 is 0 Å². The predicted molar refractivity (Wildman–Crippen MR) is 124 cm³/mol. The minimum absolute atomic E-state index is 0.00446. The number of hydrogen-bond donors (Lipinski definition) is 1. The van der Waals surface area contributed by atoms with E-state index in [0.29, 0.717) is 51.8 Å². The third-order valence-electron chi connectivity index (χ3n) is 5.80. The molecule has 186 valence electrons. The summed E-state index contributed by atoms with van der Waals surface area (Å²) >= 11 is 1.53. The van der Waals surface area contributed by atoms with Crippen molar-refractivity contribution in [2.24, 2.45) is 0 Å². The second kappa shape index (κ2) is 14.6. The molecule has 0 spiro atoms. The van der Waals surface area contributed by atoms with Gasteiger partial charge in [-0.25, -0.2) is 4.98 Å². The molecule has 3 heterocycles. The molecular formula is C22H36N4O6S. The molecule has 2 aliphatic rings. The van der Waals surface area contributed by atoms with E-state index in [1.807, 2.05) is 10.3 Å². The molecule has 0 radical (unpaired) electrons. The van der Waals surface area contributed by atoms with Gasteiger partial charge in [0.05, 0.1) is 44.6 Å².